The molecule has 0 aromatic heterocycles. The molecule has 1 unspecified atom stereocenters. The number of methoxy groups -OCH3 is 1. The molecule has 0 saturated carbocycles. The molecule has 4 nitrogen and oxygen atoms in total. The van der Waals surface area contributed by atoms with Crippen LogP contribution < -0.4 is 5.32 Å². The number of ether oxygens (including phenoxy) is 1. The topological polar surface area (TPSA) is 55.4 Å². The maximum Gasteiger partial charge on any atom is 0.175 e. The maximum atomic E-state index is 11.4. The van der Waals surface area contributed by atoms with E-state index in [1.165, 1.54) is 6.26 Å². The van der Waals surface area contributed by atoms with Crippen molar-refractivity contribution in [1.82, 2.24) is 5.32 Å². The van der Waals surface area contributed by atoms with Gasteiger partial charge in [0.15, 0.2) is 9.84 Å². The molecule has 1 aromatic rings. The summed E-state index contributed by atoms with van der Waals surface area (Å²) in [5, 5.41) is 3.37. The van der Waals surface area contributed by atoms with Crippen molar-refractivity contribution >= 4 is 9.84 Å². The van der Waals surface area contributed by atoms with E-state index in [0.29, 0.717) is 4.90 Å². The molecule has 0 aliphatic rings. The summed E-state index contributed by atoms with van der Waals surface area (Å²) in [5.74, 6) is 0. The van der Waals surface area contributed by atoms with Gasteiger partial charge in [-0.05, 0) is 38.5 Å². The molecular weight excluding hydrogens is 262 g/mol. The smallest absolute Gasteiger partial charge is 0.175 e. The van der Waals surface area contributed by atoms with E-state index in [0.717, 1.165) is 12.1 Å². The number of hydrogen-bond donors (Lipinski definition) is 1. The number of hydrogen-bond acceptors (Lipinski definition) is 4. The van der Waals surface area contributed by atoms with E-state index < -0.39 is 9.84 Å². The Kier molecular flexibility index (Phi) is 5.12. The van der Waals surface area contributed by atoms with Crippen molar-refractivity contribution in [2.24, 2.45) is 0 Å². The van der Waals surface area contributed by atoms with Gasteiger partial charge in [-0.2, -0.15) is 0 Å². The lowest BCUT2D eigenvalue weighted by Crippen LogP contribution is -2.37. The van der Waals surface area contributed by atoms with Crippen LogP contribution in [-0.2, 0) is 14.6 Å². The summed E-state index contributed by atoms with van der Waals surface area (Å²) in [7, 11) is -1.44. The van der Waals surface area contributed by atoms with Crippen molar-refractivity contribution in [2.45, 2.75) is 37.3 Å². The van der Waals surface area contributed by atoms with Gasteiger partial charge in [-0.25, -0.2) is 8.42 Å². The zero-order chi connectivity index (χ0) is 14.7. The molecule has 1 atom stereocenters. The third-order valence-corrected chi connectivity index (χ3v) is 4.32. The SMILES string of the molecule is COC(C)(C)CNC(C)c1ccc(S(C)(=O)=O)cc1. The second-order valence-corrected chi connectivity index (χ2v) is 7.42. The van der Waals surface area contributed by atoms with Crippen LogP contribution in [0.5, 0.6) is 0 Å². The van der Waals surface area contributed by atoms with Crippen molar-refractivity contribution in [3.63, 3.8) is 0 Å². The average molecular weight is 285 g/mol. The summed E-state index contributed by atoms with van der Waals surface area (Å²) in [6.45, 7) is 6.79. The van der Waals surface area contributed by atoms with Gasteiger partial charge in [0.1, 0.15) is 0 Å². The maximum absolute atomic E-state index is 11.4. The van der Waals surface area contributed by atoms with Crippen molar-refractivity contribution in [3.05, 3.63) is 29.8 Å². The summed E-state index contributed by atoms with van der Waals surface area (Å²) < 4.78 is 28.1. The fourth-order valence-electron chi connectivity index (χ4n) is 1.59. The van der Waals surface area contributed by atoms with E-state index in [-0.39, 0.29) is 11.6 Å². The number of nitrogens with one attached hydrogen (secondary N) is 1. The monoisotopic (exact) mass is 285 g/mol. The van der Waals surface area contributed by atoms with Crippen LogP contribution in [0.3, 0.4) is 0 Å². The van der Waals surface area contributed by atoms with Crippen LogP contribution in [0.4, 0.5) is 0 Å². The molecule has 108 valence electrons. The predicted octanol–water partition coefficient (Wildman–Crippen LogP) is 2.17. The number of sulfone groups is 1. The Morgan fingerprint density at radius 3 is 2.21 bits per heavy atom. The Morgan fingerprint density at radius 1 is 1.26 bits per heavy atom. The van der Waals surface area contributed by atoms with Gasteiger partial charge in [0, 0.05) is 26.0 Å². The minimum atomic E-state index is -3.13. The van der Waals surface area contributed by atoms with Gasteiger partial charge in [-0.3, -0.25) is 0 Å². The lowest BCUT2D eigenvalue weighted by Gasteiger charge is -2.26. The van der Waals surface area contributed by atoms with Crippen molar-refractivity contribution in [2.75, 3.05) is 19.9 Å². The van der Waals surface area contributed by atoms with Gasteiger partial charge in [0.05, 0.1) is 10.5 Å². The molecular formula is C14H23NO3S. The number of benzene rings is 1. The highest BCUT2D eigenvalue weighted by atomic mass is 32.2. The molecule has 0 aliphatic carbocycles. The highest BCUT2D eigenvalue weighted by Crippen LogP contribution is 2.17. The first kappa shape index (κ1) is 16.1. The molecule has 0 heterocycles. The largest absolute Gasteiger partial charge is 0.377 e. The van der Waals surface area contributed by atoms with Crippen molar-refractivity contribution < 1.29 is 13.2 Å². The predicted molar refractivity (Wildman–Crippen MR) is 77.1 cm³/mol. The van der Waals surface area contributed by atoms with Crippen LogP contribution in [0.1, 0.15) is 32.4 Å². The quantitative estimate of drug-likeness (QED) is 0.870. The highest BCUT2D eigenvalue weighted by molar-refractivity contribution is 7.90. The molecule has 1 N–H and O–H groups in total. The molecule has 19 heavy (non-hydrogen) atoms. The molecule has 1 aromatic carbocycles. The molecule has 0 bridgehead atoms. The Balaban J connectivity index is 2.71. The lowest BCUT2D eigenvalue weighted by molar-refractivity contribution is 0.0214. The average Bonchev–Trinajstić information content (AvgIpc) is 2.35. The summed E-state index contributed by atoms with van der Waals surface area (Å²) in [6, 6.07) is 7.11. The second-order valence-electron chi connectivity index (χ2n) is 5.41. The fraction of sp³-hybridized carbons (Fsp3) is 0.571. The van der Waals surface area contributed by atoms with Crippen LogP contribution in [-0.4, -0.2) is 33.9 Å². The first-order valence-electron chi connectivity index (χ1n) is 6.24. The first-order chi connectivity index (χ1) is 8.65. The minimum absolute atomic E-state index is 0.142. The van der Waals surface area contributed by atoms with E-state index in [2.05, 4.69) is 5.32 Å². The van der Waals surface area contributed by atoms with Crippen LogP contribution in [0.25, 0.3) is 0 Å². The van der Waals surface area contributed by atoms with Gasteiger partial charge >= 0.3 is 0 Å². The van der Waals surface area contributed by atoms with Crippen LogP contribution in [0.2, 0.25) is 0 Å². The van der Waals surface area contributed by atoms with Crippen LogP contribution in [0, 0.1) is 0 Å². The van der Waals surface area contributed by atoms with Gasteiger partial charge in [-0.15, -0.1) is 0 Å². The zero-order valence-corrected chi connectivity index (χ0v) is 13.0. The summed E-state index contributed by atoms with van der Waals surface area (Å²) in [6.07, 6.45) is 1.21. The van der Waals surface area contributed by atoms with Crippen molar-refractivity contribution in [3.8, 4) is 0 Å². The third-order valence-electron chi connectivity index (χ3n) is 3.19. The van der Waals surface area contributed by atoms with E-state index in [1.807, 2.05) is 32.9 Å². The molecule has 1 rings (SSSR count). The Hall–Kier alpha value is -0.910. The normalized spacial score (nSPS) is 14.4. The summed E-state index contributed by atoms with van der Waals surface area (Å²) in [4.78, 5) is 0.348. The Bertz CT molecular complexity index is 506. The van der Waals surface area contributed by atoms with Crippen LogP contribution in [0.15, 0.2) is 29.2 Å². The highest BCUT2D eigenvalue weighted by Gasteiger charge is 2.17. The van der Waals surface area contributed by atoms with Gasteiger partial charge in [0.25, 0.3) is 0 Å². The molecule has 0 spiro atoms. The van der Waals surface area contributed by atoms with Crippen LogP contribution >= 0.6 is 0 Å². The molecule has 0 fully saturated rings. The van der Waals surface area contributed by atoms with E-state index in [9.17, 15) is 8.42 Å². The summed E-state index contributed by atoms with van der Waals surface area (Å²) in [5.41, 5.74) is 0.834. The number of rotatable bonds is 6. The molecule has 0 radical (unpaired) electrons. The van der Waals surface area contributed by atoms with Gasteiger partial charge in [-0.1, -0.05) is 12.1 Å². The van der Waals surface area contributed by atoms with E-state index >= 15 is 0 Å². The molecule has 0 amide bonds. The molecule has 0 aliphatic heterocycles. The Labute approximate surface area is 116 Å². The molecule has 5 heteroatoms. The summed E-state index contributed by atoms with van der Waals surface area (Å²) >= 11 is 0. The standard InChI is InChI=1S/C14H23NO3S/c1-11(15-10-14(2,3)18-4)12-6-8-13(9-7-12)19(5,16)17/h6-9,11,15H,10H2,1-5H3. The minimum Gasteiger partial charge on any atom is -0.377 e. The Morgan fingerprint density at radius 2 is 1.79 bits per heavy atom. The zero-order valence-electron chi connectivity index (χ0n) is 12.2. The van der Waals surface area contributed by atoms with Crippen molar-refractivity contribution in [1.29, 1.82) is 0 Å². The lowest BCUT2D eigenvalue weighted by atomic mass is 10.1. The fourth-order valence-corrected chi connectivity index (χ4v) is 2.22. The third kappa shape index (κ3) is 4.93. The van der Waals surface area contributed by atoms with E-state index in [4.69, 9.17) is 4.74 Å². The van der Waals surface area contributed by atoms with E-state index in [1.54, 1.807) is 19.2 Å². The van der Waals surface area contributed by atoms with Gasteiger partial charge in [0.2, 0.25) is 0 Å². The molecule has 0 saturated heterocycles. The first-order valence-corrected chi connectivity index (χ1v) is 8.13. The van der Waals surface area contributed by atoms with Gasteiger partial charge < -0.3 is 10.1 Å². The second kappa shape index (κ2) is 6.03.